The van der Waals surface area contributed by atoms with Gasteiger partial charge in [0, 0.05) is 0 Å². The Hall–Kier alpha value is -3.02. The predicted molar refractivity (Wildman–Crippen MR) is 131 cm³/mol. The Bertz CT molecular complexity index is 960. The van der Waals surface area contributed by atoms with Crippen LogP contribution in [0.15, 0.2) is 24.3 Å². The number of rotatable bonds is 8. The van der Waals surface area contributed by atoms with E-state index in [9.17, 15) is 9.59 Å². The van der Waals surface area contributed by atoms with E-state index in [1.807, 2.05) is 38.1 Å². The summed E-state index contributed by atoms with van der Waals surface area (Å²) >= 11 is 0. The lowest BCUT2D eigenvalue weighted by Crippen LogP contribution is -2.07. The second kappa shape index (κ2) is 12.9. The van der Waals surface area contributed by atoms with E-state index in [4.69, 9.17) is 19.3 Å². The fraction of sp³-hybridized carbons (Fsp3) is 0.481. The molecule has 2 rings (SSSR count). The third-order valence-corrected chi connectivity index (χ3v) is 5.52. The maximum Gasteiger partial charge on any atom is 0.309 e. The topological polar surface area (TPSA) is 82.1 Å². The highest BCUT2D eigenvalue weighted by Crippen LogP contribution is 2.30. The van der Waals surface area contributed by atoms with Gasteiger partial charge < -0.3 is 19.3 Å². The highest BCUT2D eigenvalue weighted by Gasteiger charge is 2.14. The molecule has 0 fully saturated rings. The lowest BCUT2D eigenvalue weighted by atomic mass is 9.95. The Labute approximate surface area is 197 Å². The van der Waals surface area contributed by atoms with Gasteiger partial charge in [0.2, 0.25) is 0 Å². The van der Waals surface area contributed by atoms with Crippen molar-refractivity contribution in [1.29, 1.82) is 0 Å². The molecule has 6 nitrogen and oxygen atoms in total. The molecule has 2 aromatic rings. The van der Waals surface area contributed by atoms with E-state index in [1.54, 1.807) is 14.2 Å². The number of hydrogen-bond acceptors (Lipinski definition) is 5. The van der Waals surface area contributed by atoms with E-state index in [-0.39, 0.29) is 12.4 Å². The molecule has 1 N–H and O–H groups in total. The van der Waals surface area contributed by atoms with Crippen LogP contribution in [0.3, 0.4) is 0 Å². The van der Waals surface area contributed by atoms with Crippen molar-refractivity contribution >= 4 is 11.9 Å². The second-order valence-corrected chi connectivity index (χ2v) is 8.67. The lowest BCUT2D eigenvalue weighted by Gasteiger charge is -2.15. The Morgan fingerprint density at radius 3 is 1.45 bits per heavy atom. The van der Waals surface area contributed by atoms with E-state index in [0.717, 1.165) is 44.9 Å². The third-order valence-electron chi connectivity index (χ3n) is 5.52. The minimum atomic E-state index is -0.803. The number of ether oxygens (including phenoxy) is 3. The van der Waals surface area contributed by atoms with Gasteiger partial charge in [-0.05, 0) is 71.2 Å². The summed E-state index contributed by atoms with van der Waals surface area (Å²) in [5.74, 6) is 1.38. The third kappa shape index (κ3) is 8.12. The molecule has 0 heterocycles. The number of carbonyl (C=O) groups is 2. The average Bonchev–Trinajstić information content (AvgIpc) is 2.75. The molecular formula is C27H38O6. The van der Waals surface area contributed by atoms with Gasteiger partial charge in [-0.25, -0.2) is 0 Å². The monoisotopic (exact) mass is 458 g/mol. The molecular weight excluding hydrogens is 420 g/mol. The molecule has 0 aliphatic carbocycles. The summed E-state index contributed by atoms with van der Waals surface area (Å²) in [6.45, 7) is 12.2. The zero-order chi connectivity index (χ0) is 25.3. The van der Waals surface area contributed by atoms with Crippen LogP contribution in [-0.2, 0) is 27.2 Å². The molecule has 0 bridgehead atoms. The van der Waals surface area contributed by atoms with Gasteiger partial charge in [-0.1, -0.05) is 39.8 Å². The molecule has 33 heavy (non-hydrogen) atoms. The minimum absolute atomic E-state index is 0.0650. The molecule has 0 spiro atoms. The van der Waals surface area contributed by atoms with Crippen molar-refractivity contribution in [2.45, 2.75) is 66.2 Å². The van der Waals surface area contributed by atoms with Gasteiger partial charge in [0.05, 0.1) is 34.2 Å². The normalized spacial score (nSPS) is 10.5. The minimum Gasteiger partial charge on any atom is -0.496 e. The molecule has 0 atom stereocenters. The van der Waals surface area contributed by atoms with Crippen molar-refractivity contribution in [1.82, 2.24) is 0 Å². The van der Waals surface area contributed by atoms with Crippen molar-refractivity contribution in [3.05, 3.63) is 57.6 Å². The molecule has 182 valence electrons. The van der Waals surface area contributed by atoms with Crippen LogP contribution in [0.2, 0.25) is 0 Å². The smallest absolute Gasteiger partial charge is 0.309 e. The summed E-state index contributed by atoms with van der Waals surface area (Å²) in [7, 11) is 4.71. The summed E-state index contributed by atoms with van der Waals surface area (Å²) in [5.41, 5.74) is 6.06. The van der Waals surface area contributed by atoms with Crippen molar-refractivity contribution in [3.63, 3.8) is 0 Å². The first kappa shape index (κ1) is 28.0. The maximum atomic E-state index is 11.3. The highest BCUT2D eigenvalue weighted by atomic mass is 16.5. The Morgan fingerprint density at radius 1 is 0.758 bits per heavy atom. The Morgan fingerprint density at radius 2 is 1.15 bits per heavy atom. The van der Waals surface area contributed by atoms with E-state index in [2.05, 4.69) is 27.7 Å². The van der Waals surface area contributed by atoms with Crippen LogP contribution >= 0.6 is 0 Å². The van der Waals surface area contributed by atoms with Crippen LogP contribution in [0.25, 0.3) is 0 Å². The molecule has 0 aromatic heterocycles. The standard InChI is InChI=1S/C14H20O3.C13H18O3/c1-9(2)12-7-11(8-14(15)17-5)10(3)6-13(12)16-4;1-8(2)11-6-10(7-13(14)15)9(3)5-12(11)16-4/h6-7,9H,8H2,1-5H3;5-6,8H,7H2,1-4H3,(H,14,15). The molecule has 0 aliphatic rings. The van der Waals surface area contributed by atoms with Gasteiger partial charge in [0.15, 0.2) is 0 Å². The summed E-state index contributed by atoms with van der Waals surface area (Å²) in [6.07, 6.45) is 0.377. The van der Waals surface area contributed by atoms with Gasteiger partial charge in [0.1, 0.15) is 11.5 Å². The molecule has 0 aliphatic heterocycles. The zero-order valence-electron chi connectivity index (χ0n) is 21.4. The van der Waals surface area contributed by atoms with Crippen molar-refractivity contribution in [2.24, 2.45) is 0 Å². The first-order valence-electron chi connectivity index (χ1n) is 11.1. The number of esters is 1. The van der Waals surface area contributed by atoms with Crippen LogP contribution in [0.1, 0.15) is 72.9 Å². The first-order valence-corrected chi connectivity index (χ1v) is 11.1. The summed E-state index contributed by atoms with van der Waals surface area (Å²) < 4.78 is 15.4. The van der Waals surface area contributed by atoms with Crippen LogP contribution in [0.5, 0.6) is 11.5 Å². The van der Waals surface area contributed by atoms with E-state index >= 15 is 0 Å². The molecule has 0 radical (unpaired) electrons. The quantitative estimate of drug-likeness (QED) is 0.519. The van der Waals surface area contributed by atoms with E-state index < -0.39 is 5.97 Å². The van der Waals surface area contributed by atoms with Crippen molar-refractivity contribution in [2.75, 3.05) is 21.3 Å². The van der Waals surface area contributed by atoms with Gasteiger partial charge in [-0.3, -0.25) is 9.59 Å². The largest absolute Gasteiger partial charge is 0.496 e. The average molecular weight is 459 g/mol. The highest BCUT2D eigenvalue weighted by molar-refractivity contribution is 5.73. The summed E-state index contributed by atoms with van der Waals surface area (Å²) in [6, 6.07) is 7.86. The number of carboxylic acid groups (broad SMARTS) is 1. The number of aliphatic carboxylic acids is 1. The maximum absolute atomic E-state index is 11.3. The molecule has 0 saturated heterocycles. The molecule has 0 amide bonds. The zero-order valence-corrected chi connectivity index (χ0v) is 21.4. The summed E-state index contributed by atoms with van der Waals surface area (Å²) in [5, 5.41) is 8.82. The second-order valence-electron chi connectivity index (χ2n) is 8.67. The lowest BCUT2D eigenvalue weighted by molar-refractivity contribution is -0.140. The van der Waals surface area contributed by atoms with Gasteiger partial charge in [0.25, 0.3) is 0 Å². The van der Waals surface area contributed by atoms with Crippen molar-refractivity contribution in [3.8, 4) is 11.5 Å². The van der Waals surface area contributed by atoms with Gasteiger partial charge >= 0.3 is 11.9 Å². The number of hydrogen-bond donors (Lipinski definition) is 1. The first-order chi connectivity index (χ1) is 15.4. The van der Waals surface area contributed by atoms with Crippen LogP contribution in [-0.4, -0.2) is 38.4 Å². The molecule has 6 heteroatoms. The van der Waals surface area contributed by atoms with Gasteiger partial charge in [-0.2, -0.15) is 0 Å². The molecule has 0 unspecified atom stereocenters. The number of aryl methyl sites for hydroxylation is 2. The van der Waals surface area contributed by atoms with Crippen LogP contribution in [0.4, 0.5) is 0 Å². The number of carboxylic acids is 1. The number of benzene rings is 2. The fourth-order valence-corrected chi connectivity index (χ4v) is 3.52. The van der Waals surface area contributed by atoms with Crippen LogP contribution < -0.4 is 9.47 Å². The Balaban J connectivity index is 0.000000331. The fourth-order valence-electron chi connectivity index (χ4n) is 3.52. The SMILES string of the molecule is COC(=O)Cc1cc(C(C)C)c(OC)cc1C.COc1cc(C)c(CC(=O)O)cc1C(C)C. The predicted octanol–water partition coefficient (Wildman–Crippen LogP) is 5.60. The molecule has 2 aromatic carbocycles. The van der Waals surface area contributed by atoms with Gasteiger partial charge in [-0.15, -0.1) is 0 Å². The van der Waals surface area contributed by atoms with Crippen molar-refractivity contribution < 1.29 is 28.9 Å². The number of methoxy groups -OCH3 is 3. The number of carbonyl (C=O) groups excluding carboxylic acids is 1. The van der Waals surface area contributed by atoms with E-state index in [0.29, 0.717) is 18.3 Å². The van der Waals surface area contributed by atoms with Crippen LogP contribution in [0, 0.1) is 13.8 Å². The molecule has 0 saturated carbocycles. The Kier molecular flexibility index (Phi) is 10.9. The van der Waals surface area contributed by atoms with E-state index in [1.165, 1.54) is 7.11 Å². The summed E-state index contributed by atoms with van der Waals surface area (Å²) in [4.78, 5) is 22.0.